The van der Waals surface area contributed by atoms with Gasteiger partial charge in [0, 0.05) is 47.0 Å². The summed E-state index contributed by atoms with van der Waals surface area (Å²) in [6.45, 7) is 2.03. The van der Waals surface area contributed by atoms with Crippen LogP contribution in [0.2, 0.25) is 0 Å². The minimum absolute atomic E-state index is 0.0515. The summed E-state index contributed by atoms with van der Waals surface area (Å²) in [6.07, 6.45) is 9.28. The van der Waals surface area contributed by atoms with Crippen molar-refractivity contribution in [1.82, 2.24) is 15.1 Å². The number of thiophene rings is 1. The molecule has 2 heterocycles. The van der Waals surface area contributed by atoms with Crippen molar-refractivity contribution in [3.8, 4) is 0 Å². The number of nitrogens with one attached hydrogen (secondary N) is 2. The van der Waals surface area contributed by atoms with Crippen molar-refractivity contribution in [3.63, 3.8) is 0 Å². The van der Waals surface area contributed by atoms with Gasteiger partial charge in [-0.25, -0.2) is 0 Å². The van der Waals surface area contributed by atoms with Crippen LogP contribution >= 0.6 is 11.3 Å². The van der Waals surface area contributed by atoms with Gasteiger partial charge in [-0.15, -0.1) is 11.3 Å². The molecule has 2 fully saturated rings. The van der Waals surface area contributed by atoms with Crippen molar-refractivity contribution in [2.24, 2.45) is 12.8 Å². The third kappa shape index (κ3) is 3.84. The van der Waals surface area contributed by atoms with E-state index in [1.54, 1.807) is 28.4 Å². The highest BCUT2D eigenvalue weighted by Gasteiger charge is 2.41. The fourth-order valence-corrected chi connectivity index (χ4v) is 5.08. The molecule has 140 valence electrons. The number of aromatic nitrogens is 2. The minimum Gasteiger partial charge on any atom is -0.328 e. The van der Waals surface area contributed by atoms with Crippen LogP contribution in [0.25, 0.3) is 0 Å². The van der Waals surface area contributed by atoms with Gasteiger partial charge in [0.05, 0.1) is 17.4 Å². The topological polar surface area (TPSA) is 85.0 Å². The van der Waals surface area contributed by atoms with E-state index >= 15 is 0 Å². The van der Waals surface area contributed by atoms with E-state index in [1.165, 1.54) is 24.1 Å². The summed E-state index contributed by atoms with van der Waals surface area (Å²) >= 11 is 1.75. The van der Waals surface area contributed by atoms with Crippen LogP contribution in [0.5, 0.6) is 0 Å². The lowest BCUT2D eigenvalue weighted by molar-refractivity contribution is 0.102. The molecule has 2 aliphatic carbocycles. The van der Waals surface area contributed by atoms with Gasteiger partial charge in [0.2, 0.25) is 0 Å². The highest BCUT2D eigenvalue weighted by Crippen LogP contribution is 2.45. The Kier molecular flexibility index (Phi) is 4.86. The SMILES string of the molecule is Cc1sc(C2CC2NC2CCC(N)CC2)cc1C(=O)Nc1cnn(C)c1. The molecule has 7 heteroatoms. The number of amides is 1. The predicted molar refractivity (Wildman–Crippen MR) is 105 cm³/mol. The van der Waals surface area contributed by atoms with Gasteiger partial charge in [-0.05, 0) is 45.1 Å². The molecule has 26 heavy (non-hydrogen) atoms. The van der Waals surface area contributed by atoms with Crippen LogP contribution in [0.1, 0.15) is 58.1 Å². The van der Waals surface area contributed by atoms with Gasteiger partial charge < -0.3 is 16.4 Å². The van der Waals surface area contributed by atoms with Gasteiger partial charge in [-0.2, -0.15) is 5.10 Å². The summed E-state index contributed by atoms with van der Waals surface area (Å²) < 4.78 is 1.68. The molecule has 0 saturated heterocycles. The van der Waals surface area contributed by atoms with E-state index in [4.69, 9.17) is 5.73 Å². The molecule has 0 spiro atoms. The van der Waals surface area contributed by atoms with Crippen molar-refractivity contribution in [2.45, 2.75) is 63.1 Å². The lowest BCUT2D eigenvalue weighted by atomic mass is 9.92. The monoisotopic (exact) mass is 373 g/mol. The molecule has 2 atom stereocenters. The Morgan fingerprint density at radius 1 is 1.35 bits per heavy atom. The first-order valence-electron chi connectivity index (χ1n) is 9.41. The molecule has 2 aromatic rings. The largest absolute Gasteiger partial charge is 0.328 e. The Bertz CT molecular complexity index is 790. The summed E-state index contributed by atoms with van der Waals surface area (Å²) in [5, 5.41) is 10.8. The highest BCUT2D eigenvalue weighted by molar-refractivity contribution is 7.12. The maximum Gasteiger partial charge on any atom is 0.256 e. The third-order valence-corrected chi connectivity index (χ3v) is 6.70. The molecule has 0 aromatic carbocycles. The fraction of sp³-hybridized carbons (Fsp3) is 0.579. The van der Waals surface area contributed by atoms with Crippen molar-refractivity contribution >= 4 is 22.9 Å². The third-order valence-electron chi connectivity index (χ3n) is 5.52. The van der Waals surface area contributed by atoms with E-state index in [1.807, 2.05) is 14.0 Å². The second kappa shape index (κ2) is 7.13. The zero-order valence-corrected chi connectivity index (χ0v) is 16.2. The van der Waals surface area contributed by atoms with Crippen LogP contribution < -0.4 is 16.4 Å². The van der Waals surface area contributed by atoms with Crippen LogP contribution in [0, 0.1) is 6.92 Å². The van der Waals surface area contributed by atoms with Crippen molar-refractivity contribution in [2.75, 3.05) is 5.32 Å². The number of nitrogens with two attached hydrogens (primary N) is 1. The number of carbonyl (C=O) groups excluding carboxylic acids is 1. The Morgan fingerprint density at radius 2 is 2.12 bits per heavy atom. The second-order valence-corrected chi connectivity index (χ2v) is 8.99. The molecule has 6 nitrogen and oxygen atoms in total. The molecule has 0 radical (unpaired) electrons. The molecule has 2 saturated carbocycles. The number of nitrogens with zero attached hydrogens (tertiary/aromatic N) is 2. The smallest absolute Gasteiger partial charge is 0.256 e. The average molecular weight is 374 g/mol. The number of hydrogen-bond donors (Lipinski definition) is 3. The Hall–Kier alpha value is -1.70. The fourth-order valence-electron chi connectivity index (χ4n) is 3.88. The minimum atomic E-state index is -0.0515. The number of carbonyl (C=O) groups is 1. The Balaban J connectivity index is 1.36. The Labute approximate surface area is 158 Å². The first-order valence-corrected chi connectivity index (χ1v) is 10.2. The lowest BCUT2D eigenvalue weighted by Gasteiger charge is -2.27. The van der Waals surface area contributed by atoms with Gasteiger partial charge in [-0.3, -0.25) is 9.48 Å². The van der Waals surface area contributed by atoms with E-state index in [-0.39, 0.29) is 5.91 Å². The molecule has 0 aliphatic heterocycles. The maximum atomic E-state index is 12.6. The van der Waals surface area contributed by atoms with Crippen LogP contribution in [0.15, 0.2) is 18.5 Å². The van der Waals surface area contributed by atoms with Gasteiger partial charge >= 0.3 is 0 Å². The molecule has 2 unspecified atom stereocenters. The predicted octanol–water partition coefficient (Wildman–Crippen LogP) is 2.76. The molecule has 4 rings (SSSR count). The van der Waals surface area contributed by atoms with E-state index in [0.29, 0.717) is 24.0 Å². The quantitative estimate of drug-likeness (QED) is 0.752. The molecular weight excluding hydrogens is 346 g/mol. The summed E-state index contributed by atoms with van der Waals surface area (Å²) in [6, 6.07) is 3.64. The van der Waals surface area contributed by atoms with Gasteiger partial charge in [0.25, 0.3) is 5.91 Å². The number of anilines is 1. The first kappa shape index (κ1) is 17.7. The summed E-state index contributed by atoms with van der Waals surface area (Å²) in [5.41, 5.74) is 7.51. The Morgan fingerprint density at radius 3 is 2.81 bits per heavy atom. The molecule has 0 bridgehead atoms. The van der Waals surface area contributed by atoms with Gasteiger partial charge in [0.15, 0.2) is 0 Å². The molecule has 1 amide bonds. The maximum absolute atomic E-state index is 12.6. The lowest BCUT2D eigenvalue weighted by Crippen LogP contribution is -2.38. The molecular formula is C19H27N5OS. The van der Waals surface area contributed by atoms with Gasteiger partial charge in [-0.1, -0.05) is 0 Å². The molecule has 2 aromatic heterocycles. The average Bonchev–Trinajstić information content (AvgIpc) is 3.07. The van der Waals surface area contributed by atoms with Crippen LogP contribution in [-0.2, 0) is 7.05 Å². The van der Waals surface area contributed by atoms with E-state index in [2.05, 4.69) is 21.8 Å². The standard InChI is InChI=1S/C19H27N5OS/c1-11-15(19(25)23-14-9-21-24(2)10-14)8-18(26-11)16-7-17(16)22-13-5-3-12(20)4-6-13/h8-10,12-13,16-17,22H,3-7,20H2,1-2H3,(H,23,25). The van der Waals surface area contributed by atoms with Crippen LogP contribution in [0.3, 0.4) is 0 Å². The van der Waals surface area contributed by atoms with Crippen molar-refractivity contribution < 1.29 is 4.79 Å². The van der Waals surface area contributed by atoms with Crippen molar-refractivity contribution in [3.05, 3.63) is 33.8 Å². The van der Waals surface area contributed by atoms with Gasteiger partial charge in [0.1, 0.15) is 0 Å². The number of rotatable bonds is 5. The number of aryl methyl sites for hydroxylation is 2. The van der Waals surface area contributed by atoms with Crippen LogP contribution in [0.4, 0.5) is 5.69 Å². The van der Waals surface area contributed by atoms with Crippen molar-refractivity contribution in [1.29, 1.82) is 0 Å². The van der Waals surface area contributed by atoms with E-state index in [0.717, 1.165) is 29.0 Å². The highest BCUT2D eigenvalue weighted by atomic mass is 32.1. The normalized spacial score (nSPS) is 28.1. The first-order chi connectivity index (χ1) is 12.5. The van der Waals surface area contributed by atoms with Crippen LogP contribution in [-0.4, -0.2) is 33.8 Å². The summed E-state index contributed by atoms with van der Waals surface area (Å²) in [4.78, 5) is 15.0. The zero-order chi connectivity index (χ0) is 18.3. The molecule has 4 N–H and O–H groups in total. The molecule has 2 aliphatic rings. The second-order valence-electron chi connectivity index (χ2n) is 7.70. The summed E-state index contributed by atoms with van der Waals surface area (Å²) in [5.74, 6) is 0.499. The zero-order valence-electron chi connectivity index (χ0n) is 15.4. The number of hydrogen-bond acceptors (Lipinski definition) is 5. The van der Waals surface area contributed by atoms with E-state index in [9.17, 15) is 4.79 Å². The van der Waals surface area contributed by atoms with E-state index < -0.39 is 0 Å². The summed E-state index contributed by atoms with van der Waals surface area (Å²) in [7, 11) is 1.84.